The highest BCUT2D eigenvalue weighted by atomic mass is 32.1. The van der Waals surface area contributed by atoms with Crippen LogP contribution in [0.15, 0.2) is 40.8 Å². The molecule has 2 heterocycles. The van der Waals surface area contributed by atoms with Crippen molar-refractivity contribution in [1.82, 2.24) is 9.55 Å². The van der Waals surface area contributed by atoms with Crippen molar-refractivity contribution in [2.24, 2.45) is 0 Å². The Balaban J connectivity index is 1.93. The number of halogens is 1. The van der Waals surface area contributed by atoms with E-state index in [4.69, 9.17) is 4.74 Å². The Morgan fingerprint density at radius 1 is 1.33 bits per heavy atom. The highest BCUT2D eigenvalue weighted by Gasteiger charge is 2.22. The molecular formula is C18H16FN3O4S. The first-order chi connectivity index (χ1) is 12.9. The first-order valence-corrected chi connectivity index (χ1v) is 9.02. The maximum absolute atomic E-state index is 13.0. The van der Waals surface area contributed by atoms with Crippen molar-refractivity contribution in [1.29, 1.82) is 0 Å². The molecule has 2 aromatic heterocycles. The number of aromatic nitrogens is 2. The van der Waals surface area contributed by atoms with Crippen LogP contribution in [0.5, 0.6) is 0 Å². The fourth-order valence-corrected chi connectivity index (χ4v) is 3.35. The van der Waals surface area contributed by atoms with E-state index in [1.807, 2.05) is 0 Å². The number of amides is 1. The summed E-state index contributed by atoms with van der Waals surface area (Å²) in [5.74, 6) is -1.50. The predicted molar refractivity (Wildman–Crippen MR) is 99.6 cm³/mol. The molecule has 7 nitrogen and oxygen atoms in total. The first-order valence-electron chi connectivity index (χ1n) is 8.14. The van der Waals surface area contributed by atoms with E-state index >= 15 is 0 Å². The second kappa shape index (κ2) is 7.67. The number of rotatable bonds is 5. The molecule has 0 aliphatic rings. The Bertz CT molecular complexity index is 1060. The minimum Gasteiger partial charge on any atom is -0.462 e. The topological polar surface area (TPSA) is 90.3 Å². The maximum atomic E-state index is 13.0. The van der Waals surface area contributed by atoms with Gasteiger partial charge in [0.25, 0.3) is 5.56 Å². The molecule has 140 valence electrons. The molecule has 3 aromatic rings. The van der Waals surface area contributed by atoms with Crippen molar-refractivity contribution in [2.45, 2.75) is 19.9 Å². The van der Waals surface area contributed by atoms with Gasteiger partial charge in [-0.1, -0.05) is 0 Å². The van der Waals surface area contributed by atoms with Gasteiger partial charge >= 0.3 is 5.97 Å². The summed E-state index contributed by atoms with van der Waals surface area (Å²) in [6.45, 7) is 3.39. The van der Waals surface area contributed by atoms with Crippen molar-refractivity contribution < 1.29 is 18.7 Å². The number of fused-ring (bicyclic) bond motifs is 1. The monoisotopic (exact) mass is 389 g/mol. The predicted octanol–water partition coefficient (Wildman–Crippen LogP) is 2.97. The molecule has 0 radical (unpaired) electrons. The first kappa shape index (κ1) is 18.7. The number of ether oxygens (including phenoxy) is 1. The SMILES string of the molecule is CCOC(=O)c1csc2ncn(C(C)C(=O)Nc3ccc(F)cc3)c(=O)c12. The van der Waals surface area contributed by atoms with Crippen LogP contribution in [-0.2, 0) is 9.53 Å². The summed E-state index contributed by atoms with van der Waals surface area (Å²) in [7, 11) is 0. The standard InChI is InChI=1S/C18H16FN3O4S/c1-3-26-18(25)13-8-27-16-14(13)17(24)22(9-20-16)10(2)15(23)21-12-6-4-11(19)5-7-12/h4-10H,3H2,1-2H3,(H,21,23). The van der Waals surface area contributed by atoms with Crippen molar-refractivity contribution in [2.75, 3.05) is 11.9 Å². The molecule has 1 atom stereocenters. The Labute approximate surface area is 157 Å². The lowest BCUT2D eigenvalue weighted by molar-refractivity contribution is -0.118. The molecule has 3 rings (SSSR count). The van der Waals surface area contributed by atoms with E-state index in [1.54, 1.807) is 6.92 Å². The summed E-state index contributed by atoms with van der Waals surface area (Å²) in [4.78, 5) is 41.9. The van der Waals surface area contributed by atoms with Gasteiger partial charge in [0.2, 0.25) is 5.91 Å². The van der Waals surface area contributed by atoms with Crippen molar-refractivity contribution in [3.63, 3.8) is 0 Å². The van der Waals surface area contributed by atoms with E-state index in [-0.39, 0.29) is 17.6 Å². The third-order valence-corrected chi connectivity index (χ3v) is 4.81. The lowest BCUT2D eigenvalue weighted by Gasteiger charge is -2.15. The summed E-state index contributed by atoms with van der Waals surface area (Å²) in [5, 5.41) is 4.26. The van der Waals surface area contributed by atoms with Crippen LogP contribution < -0.4 is 10.9 Å². The minimum atomic E-state index is -0.894. The molecule has 0 fully saturated rings. The minimum absolute atomic E-state index is 0.127. The molecule has 0 saturated carbocycles. The van der Waals surface area contributed by atoms with Crippen LogP contribution >= 0.6 is 11.3 Å². The molecule has 1 unspecified atom stereocenters. The zero-order valence-electron chi connectivity index (χ0n) is 14.6. The van der Waals surface area contributed by atoms with Crippen LogP contribution in [0.3, 0.4) is 0 Å². The molecule has 0 aliphatic carbocycles. The second-order valence-corrected chi connectivity index (χ2v) is 6.54. The normalized spacial score (nSPS) is 12.0. The third kappa shape index (κ3) is 3.72. The summed E-state index contributed by atoms with van der Waals surface area (Å²) in [6.07, 6.45) is 1.27. The Morgan fingerprint density at radius 2 is 2.04 bits per heavy atom. The van der Waals surface area contributed by atoms with Gasteiger partial charge in [0.15, 0.2) is 0 Å². The lowest BCUT2D eigenvalue weighted by Crippen LogP contribution is -2.32. The van der Waals surface area contributed by atoms with E-state index < -0.39 is 29.3 Å². The number of anilines is 1. The second-order valence-electron chi connectivity index (χ2n) is 5.68. The number of nitrogens with one attached hydrogen (secondary N) is 1. The van der Waals surface area contributed by atoms with E-state index in [2.05, 4.69) is 10.3 Å². The molecule has 0 bridgehead atoms. The number of hydrogen-bond donors (Lipinski definition) is 1. The lowest BCUT2D eigenvalue weighted by atomic mass is 10.2. The van der Waals surface area contributed by atoms with Crippen molar-refractivity contribution in [3.05, 3.63) is 57.7 Å². The molecule has 27 heavy (non-hydrogen) atoms. The molecule has 1 N–H and O–H groups in total. The van der Waals surface area contributed by atoms with Crippen LogP contribution in [0.4, 0.5) is 10.1 Å². The maximum Gasteiger partial charge on any atom is 0.339 e. The van der Waals surface area contributed by atoms with Gasteiger partial charge < -0.3 is 10.1 Å². The van der Waals surface area contributed by atoms with E-state index in [0.29, 0.717) is 10.5 Å². The van der Waals surface area contributed by atoms with Crippen molar-refractivity contribution in [3.8, 4) is 0 Å². The Kier molecular flexibility index (Phi) is 5.31. The molecule has 1 aromatic carbocycles. The van der Waals surface area contributed by atoms with Gasteiger partial charge in [-0.05, 0) is 38.1 Å². The van der Waals surface area contributed by atoms with Gasteiger partial charge in [-0.25, -0.2) is 14.2 Å². The fraction of sp³-hybridized carbons (Fsp3) is 0.222. The molecule has 0 spiro atoms. The summed E-state index contributed by atoms with van der Waals surface area (Å²) in [6, 6.07) is 4.38. The van der Waals surface area contributed by atoms with Crippen LogP contribution in [0.1, 0.15) is 30.2 Å². The number of nitrogens with zero attached hydrogens (tertiary/aromatic N) is 2. The third-order valence-electron chi connectivity index (χ3n) is 3.92. The number of thiophene rings is 1. The Hall–Kier alpha value is -3.07. The smallest absolute Gasteiger partial charge is 0.339 e. The Morgan fingerprint density at radius 3 is 2.70 bits per heavy atom. The van der Waals surface area contributed by atoms with Gasteiger partial charge in [0.1, 0.15) is 16.7 Å². The number of carbonyl (C=O) groups excluding carboxylic acids is 2. The highest BCUT2D eigenvalue weighted by molar-refractivity contribution is 7.17. The molecule has 0 aliphatic heterocycles. The average Bonchev–Trinajstić information content (AvgIpc) is 3.09. The number of hydrogen-bond acceptors (Lipinski definition) is 6. The highest BCUT2D eigenvalue weighted by Crippen LogP contribution is 2.22. The van der Waals surface area contributed by atoms with Gasteiger partial charge in [-0.15, -0.1) is 11.3 Å². The van der Waals surface area contributed by atoms with E-state index in [0.717, 1.165) is 15.9 Å². The van der Waals surface area contributed by atoms with Crippen molar-refractivity contribution >= 4 is 39.1 Å². The zero-order chi connectivity index (χ0) is 19.6. The van der Waals surface area contributed by atoms with Gasteiger partial charge in [0.05, 0.1) is 23.9 Å². The van der Waals surface area contributed by atoms with Gasteiger partial charge in [0, 0.05) is 11.1 Å². The molecule has 9 heteroatoms. The van der Waals surface area contributed by atoms with Crippen LogP contribution in [0, 0.1) is 5.82 Å². The van der Waals surface area contributed by atoms with Crippen LogP contribution in [-0.4, -0.2) is 28.0 Å². The number of benzene rings is 1. The largest absolute Gasteiger partial charge is 0.462 e. The fourth-order valence-electron chi connectivity index (χ4n) is 2.49. The van der Waals surface area contributed by atoms with Gasteiger partial charge in [-0.2, -0.15) is 0 Å². The number of carbonyl (C=O) groups is 2. The van der Waals surface area contributed by atoms with E-state index in [1.165, 1.54) is 42.9 Å². The van der Waals surface area contributed by atoms with Crippen LogP contribution in [0.25, 0.3) is 10.2 Å². The summed E-state index contributed by atoms with van der Waals surface area (Å²) >= 11 is 1.15. The molecular weight excluding hydrogens is 373 g/mol. The zero-order valence-corrected chi connectivity index (χ0v) is 15.4. The summed E-state index contributed by atoms with van der Waals surface area (Å²) < 4.78 is 19.1. The molecule has 0 saturated heterocycles. The van der Waals surface area contributed by atoms with Gasteiger partial charge in [-0.3, -0.25) is 14.2 Å². The van der Waals surface area contributed by atoms with E-state index in [9.17, 15) is 18.8 Å². The number of esters is 1. The molecule has 1 amide bonds. The quantitative estimate of drug-likeness (QED) is 0.678. The average molecular weight is 389 g/mol. The van der Waals surface area contributed by atoms with Crippen LogP contribution in [0.2, 0.25) is 0 Å². The summed E-state index contributed by atoms with van der Waals surface area (Å²) in [5.41, 5.74) is 0.0268.